The van der Waals surface area contributed by atoms with Gasteiger partial charge < -0.3 is 15.4 Å². The van der Waals surface area contributed by atoms with Crippen LogP contribution in [0.25, 0.3) is 10.6 Å². The number of methoxy groups -OCH3 is 1. The highest BCUT2D eigenvalue weighted by Gasteiger charge is 2.09. The highest BCUT2D eigenvalue weighted by Crippen LogP contribution is 2.32. The molecule has 2 N–H and O–H groups in total. The highest BCUT2D eigenvalue weighted by molar-refractivity contribution is 7.19. The zero-order valence-corrected chi connectivity index (χ0v) is 14.1. The monoisotopic (exact) mass is 346 g/mol. The molecule has 6 nitrogen and oxygen atoms in total. The summed E-state index contributed by atoms with van der Waals surface area (Å²) in [5.74, 6) is 0.677. The molecule has 0 radical (unpaired) electrons. The van der Waals surface area contributed by atoms with Crippen LogP contribution in [0.4, 0.5) is 16.0 Å². The van der Waals surface area contributed by atoms with E-state index < -0.39 is 0 Å². The smallest absolute Gasteiger partial charge is 0.223 e. The van der Waals surface area contributed by atoms with Crippen LogP contribution in [-0.4, -0.2) is 23.0 Å². The Labute approximate surface area is 141 Å². The molecule has 118 valence electrons. The molecule has 23 heavy (non-hydrogen) atoms. The van der Waals surface area contributed by atoms with Crippen molar-refractivity contribution < 1.29 is 9.53 Å². The van der Waals surface area contributed by atoms with Crippen LogP contribution in [0.2, 0.25) is 0 Å². The van der Waals surface area contributed by atoms with Gasteiger partial charge >= 0.3 is 0 Å². The summed E-state index contributed by atoms with van der Waals surface area (Å²) in [5, 5.41) is 9.24. The summed E-state index contributed by atoms with van der Waals surface area (Å²) in [6, 6.07) is 7.64. The molecule has 3 rings (SSSR count). The third-order valence-electron chi connectivity index (χ3n) is 2.89. The van der Waals surface area contributed by atoms with Crippen LogP contribution in [-0.2, 0) is 4.79 Å². The quantitative estimate of drug-likeness (QED) is 0.731. The molecular formula is C15H14N4O2S2. The summed E-state index contributed by atoms with van der Waals surface area (Å²) in [6.45, 7) is 1.46. The molecule has 0 saturated carbocycles. The molecule has 0 aliphatic carbocycles. The molecule has 1 aromatic carbocycles. The van der Waals surface area contributed by atoms with E-state index >= 15 is 0 Å². The normalized spacial score (nSPS) is 10.3. The number of benzene rings is 1. The third-order valence-corrected chi connectivity index (χ3v) is 4.58. The average Bonchev–Trinajstić information content (AvgIpc) is 3.17. The van der Waals surface area contributed by atoms with Gasteiger partial charge in [-0.15, -0.1) is 11.3 Å². The van der Waals surface area contributed by atoms with E-state index in [-0.39, 0.29) is 5.91 Å². The molecule has 0 aliphatic rings. The molecule has 0 bridgehead atoms. The molecule has 3 aromatic rings. The highest BCUT2D eigenvalue weighted by atomic mass is 32.1. The molecule has 0 unspecified atom stereocenters. The van der Waals surface area contributed by atoms with Crippen molar-refractivity contribution in [2.45, 2.75) is 6.92 Å². The first-order chi connectivity index (χ1) is 11.1. The van der Waals surface area contributed by atoms with Crippen LogP contribution in [0.5, 0.6) is 5.75 Å². The maximum Gasteiger partial charge on any atom is 0.223 e. The van der Waals surface area contributed by atoms with Crippen molar-refractivity contribution >= 4 is 44.5 Å². The van der Waals surface area contributed by atoms with Gasteiger partial charge in [-0.2, -0.15) is 0 Å². The number of amides is 1. The fraction of sp³-hybridized carbons (Fsp3) is 0.133. The number of nitrogens with zero attached hydrogens (tertiary/aromatic N) is 2. The van der Waals surface area contributed by atoms with E-state index in [0.717, 1.165) is 27.1 Å². The van der Waals surface area contributed by atoms with Gasteiger partial charge in [-0.25, -0.2) is 9.97 Å². The second-order valence-electron chi connectivity index (χ2n) is 4.60. The van der Waals surface area contributed by atoms with Gasteiger partial charge in [0.25, 0.3) is 0 Å². The van der Waals surface area contributed by atoms with Crippen LogP contribution in [0, 0.1) is 0 Å². The Morgan fingerprint density at radius 3 is 2.70 bits per heavy atom. The molecule has 0 fully saturated rings. The van der Waals surface area contributed by atoms with E-state index in [1.807, 2.05) is 29.6 Å². The van der Waals surface area contributed by atoms with Crippen LogP contribution in [0.3, 0.4) is 0 Å². The van der Waals surface area contributed by atoms with Gasteiger partial charge in [0.15, 0.2) is 10.3 Å². The summed E-state index contributed by atoms with van der Waals surface area (Å²) >= 11 is 2.91. The van der Waals surface area contributed by atoms with Gasteiger partial charge in [0.2, 0.25) is 5.91 Å². The lowest BCUT2D eigenvalue weighted by atomic mass is 10.3. The number of carbonyl (C=O) groups excluding carboxylic acids is 1. The number of aromatic nitrogens is 2. The average molecular weight is 346 g/mol. The molecule has 1 amide bonds. The summed E-state index contributed by atoms with van der Waals surface area (Å²) in [7, 11) is 1.64. The largest absolute Gasteiger partial charge is 0.497 e. The number of nitrogens with one attached hydrogen (secondary N) is 2. The fourth-order valence-electron chi connectivity index (χ4n) is 1.84. The third kappa shape index (κ3) is 3.85. The molecule has 0 saturated heterocycles. The van der Waals surface area contributed by atoms with Crippen LogP contribution < -0.4 is 15.4 Å². The van der Waals surface area contributed by atoms with Crippen molar-refractivity contribution in [1.29, 1.82) is 0 Å². The number of ether oxygens (including phenoxy) is 1. The molecule has 0 atom stereocenters. The lowest BCUT2D eigenvalue weighted by Crippen LogP contribution is -2.04. The zero-order valence-electron chi connectivity index (χ0n) is 12.5. The van der Waals surface area contributed by atoms with Gasteiger partial charge in [-0.05, 0) is 24.3 Å². The van der Waals surface area contributed by atoms with Gasteiger partial charge in [-0.3, -0.25) is 4.79 Å². The Balaban J connectivity index is 1.72. The number of hydrogen-bond donors (Lipinski definition) is 2. The van der Waals surface area contributed by atoms with Crippen molar-refractivity contribution in [1.82, 2.24) is 9.97 Å². The molecular weight excluding hydrogens is 332 g/mol. The van der Waals surface area contributed by atoms with E-state index in [9.17, 15) is 4.79 Å². The Morgan fingerprint density at radius 1 is 1.22 bits per heavy atom. The molecule has 0 spiro atoms. The Hall–Kier alpha value is -2.45. The number of thiazole rings is 2. The second kappa shape index (κ2) is 6.76. The van der Waals surface area contributed by atoms with Crippen LogP contribution >= 0.6 is 22.7 Å². The van der Waals surface area contributed by atoms with E-state index in [4.69, 9.17) is 4.74 Å². The van der Waals surface area contributed by atoms with E-state index in [2.05, 4.69) is 20.6 Å². The predicted molar refractivity (Wildman–Crippen MR) is 93.8 cm³/mol. The number of carbonyl (C=O) groups is 1. The molecule has 8 heteroatoms. The molecule has 0 aliphatic heterocycles. The van der Waals surface area contributed by atoms with Crippen molar-refractivity contribution in [3.8, 4) is 16.3 Å². The molecule has 2 heterocycles. The fourth-order valence-corrected chi connectivity index (χ4v) is 3.47. The van der Waals surface area contributed by atoms with Crippen LogP contribution in [0.15, 0.2) is 35.8 Å². The summed E-state index contributed by atoms with van der Waals surface area (Å²) < 4.78 is 5.13. The van der Waals surface area contributed by atoms with Gasteiger partial charge in [0.05, 0.1) is 17.7 Å². The minimum atomic E-state index is -0.133. The maximum atomic E-state index is 11.0. The van der Waals surface area contributed by atoms with Crippen molar-refractivity contribution in [3.05, 3.63) is 35.8 Å². The first kappa shape index (κ1) is 15.4. The zero-order chi connectivity index (χ0) is 16.2. The van der Waals surface area contributed by atoms with Crippen molar-refractivity contribution in [2.24, 2.45) is 0 Å². The Morgan fingerprint density at radius 2 is 2.00 bits per heavy atom. The number of anilines is 3. The summed E-state index contributed by atoms with van der Waals surface area (Å²) in [5.41, 5.74) is 1.77. The first-order valence-corrected chi connectivity index (χ1v) is 8.44. The summed E-state index contributed by atoms with van der Waals surface area (Å²) in [4.78, 5) is 20.7. The first-order valence-electron chi connectivity index (χ1n) is 6.74. The van der Waals surface area contributed by atoms with E-state index in [1.165, 1.54) is 29.6 Å². The molecule has 2 aromatic heterocycles. The SMILES string of the molecule is COc1ccc(Nc2nc(-c3cnc(NC(C)=O)s3)cs2)cc1. The Kier molecular flexibility index (Phi) is 4.54. The minimum absolute atomic E-state index is 0.133. The summed E-state index contributed by atoms with van der Waals surface area (Å²) in [6.07, 6.45) is 1.71. The van der Waals surface area contributed by atoms with E-state index in [1.54, 1.807) is 13.3 Å². The second-order valence-corrected chi connectivity index (χ2v) is 6.49. The van der Waals surface area contributed by atoms with Crippen LogP contribution in [0.1, 0.15) is 6.92 Å². The number of rotatable bonds is 5. The number of hydrogen-bond acceptors (Lipinski definition) is 7. The topological polar surface area (TPSA) is 76.1 Å². The van der Waals surface area contributed by atoms with Gasteiger partial charge in [0.1, 0.15) is 5.75 Å². The predicted octanol–water partition coefficient (Wildman–Crippen LogP) is 3.98. The lowest BCUT2D eigenvalue weighted by Gasteiger charge is -2.03. The minimum Gasteiger partial charge on any atom is -0.497 e. The van der Waals surface area contributed by atoms with Crippen molar-refractivity contribution in [2.75, 3.05) is 17.7 Å². The standard InChI is InChI=1S/C15H14N4O2S2/c1-9(20)17-14-16-7-13(23-14)12-8-22-15(19-12)18-10-3-5-11(21-2)6-4-10/h3-8H,1-2H3,(H,18,19)(H,16,17,20). The van der Waals surface area contributed by atoms with Crippen molar-refractivity contribution in [3.63, 3.8) is 0 Å². The van der Waals surface area contributed by atoms with Gasteiger partial charge in [0, 0.05) is 24.2 Å². The maximum absolute atomic E-state index is 11.0. The van der Waals surface area contributed by atoms with Gasteiger partial charge in [-0.1, -0.05) is 11.3 Å². The lowest BCUT2D eigenvalue weighted by molar-refractivity contribution is -0.114. The Bertz CT molecular complexity index is 811. The van der Waals surface area contributed by atoms with E-state index in [0.29, 0.717) is 5.13 Å².